The van der Waals surface area contributed by atoms with Gasteiger partial charge in [-0.1, -0.05) is 48.5 Å². The fourth-order valence-electron chi connectivity index (χ4n) is 2.39. The summed E-state index contributed by atoms with van der Waals surface area (Å²) in [5.74, 6) is -1.44. The van der Waals surface area contributed by atoms with Gasteiger partial charge in [0.15, 0.2) is 0 Å². The zero-order valence-corrected chi connectivity index (χ0v) is 11.2. The molecule has 0 atom stereocenters. The van der Waals surface area contributed by atoms with Gasteiger partial charge in [-0.25, -0.2) is 0 Å². The standard InChI is InChI=1S/C15H10F6O2/c16-14(17,18)13(15(19,20)21,9-1-5-11(22)6-2-9)10-3-7-12(23)8-4-10/h1-8,22-23H/p-2. The molecule has 0 fully saturated rings. The van der Waals surface area contributed by atoms with Crippen molar-refractivity contribution in [1.29, 1.82) is 0 Å². The Morgan fingerprint density at radius 1 is 0.522 bits per heavy atom. The molecule has 2 nitrogen and oxygen atoms in total. The first-order valence-corrected chi connectivity index (χ1v) is 6.18. The first-order chi connectivity index (χ1) is 10.5. The third-order valence-electron chi connectivity index (χ3n) is 3.43. The first kappa shape index (κ1) is 17.0. The Morgan fingerprint density at radius 2 is 0.783 bits per heavy atom. The summed E-state index contributed by atoms with van der Waals surface area (Å²) in [6.07, 6.45) is -11.5. The highest BCUT2D eigenvalue weighted by molar-refractivity contribution is 5.46. The fourth-order valence-corrected chi connectivity index (χ4v) is 2.39. The van der Waals surface area contributed by atoms with Crippen LogP contribution in [0.25, 0.3) is 0 Å². The smallest absolute Gasteiger partial charge is 0.411 e. The maximum atomic E-state index is 13.6. The molecule has 0 N–H and O–H groups in total. The predicted octanol–water partition coefficient (Wildman–Crippen LogP) is 3.24. The Hall–Kier alpha value is -2.38. The molecule has 0 spiro atoms. The Bertz CT molecular complexity index is 610. The third kappa shape index (κ3) is 2.69. The van der Waals surface area contributed by atoms with Gasteiger partial charge >= 0.3 is 12.4 Å². The molecular formula is C15H8F6O2-2. The van der Waals surface area contributed by atoms with Crippen molar-refractivity contribution in [2.24, 2.45) is 0 Å². The molecule has 2 aromatic rings. The van der Waals surface area contributed by atoms with Crippen LogP contribution >= 0.6 is 0 Å². The van der Waals surface area contributed by atoms with Crippen LogP contribution in [0.4, 0.5) is 26.3 Å². The van der Waals surface area contributed by atoms with E-state index in [1.54, 1.807) is 0 Å². The molecule has 2 aromatic carbocycles. The zero-order valence-electron chi connectivity index (χ0n) is 11.2. The summed E-state index contributed by atoms with van der Waals surface area (Å²) in [6, 6.07) is 4.49. The lowest BCUT2D eigenvalue weighted by Crippen LogP contribution is -2.54. The number of hydrogen-bond acceptors (Lipinski definition) is 2. The van der Waals surface area contributed by atoms with Gasteiger partial charge in [0.25, 0.3) is 0 Å². The summed E-state index contributed by atoms with van der Waals surface area (Å²) in [6.45, 7) is 0. The van der Waals surface area contributed by atoms with E-state index >= 15 is 0 Å². The molecule has 23 heavy (non-hydrogen) atoms. The minimum atomic E-state index is -5.74. The maximum absolute atomic E-state index is 13.6. The lowest BCUT2D eigenvalue weighted by atomic mass is 9.73. The molecule has 0 aliphatic rings. The highest BCUT2D eigenvalue weighted by Crippen LogP contribution is 2.56. The predicted molar refractivity (Wildman–Crippen MR) is 64.7 cm³/mol. The van der Waals surface area contributed by atoms with Gasteiger partial charge in [-0.15, -0.1) is 11.5 Å². The van der Waals surface area contributed by atoms with Crippen molar-refractivity contribution in [3.8, 4) is 11.5 Å². The fraction of sp³-hybridized carbons (Fsp3) is 0.200. The van der Waals surface area contributed by atoms with Gasteiger partial charge in [-0.2, -0.15) is 26.3 Å². The second-order valence-corrected chi connectivity index (χ2v) is 4.79. The molecule has 8 heteroatoms. The van der Waals surface area contributed by atoms with Gasteiger partial charge < -0.3 is 10.2 Å². The second-order valence-electron chi connectivity index (χ2n) is 4.79. The van der Waals surface area contributed by atoms with E-state index in [0.29, 0.717) is 48.5 Å². The highest BCUT2D eigenvalue weighted by atomic mass is 19.4. The number of benzene rings is 2. The van der Waals surface area contributed by atoms with E-state index in [-0.39, 0.29) is 0 Å². The monoisotopic (exact) mass is 334 g/mol. The summed E-state index contributed by atoms with van der Waals surface area (Å²) in [5.41, 5.74) is -6.62. The van der Waals surface area contributed by atoms with Crippen molar-refractivity contribution in [2.75, 3.05) is 0 Å². The van der Waals surface area contributed by atoms with Crippen LogP contribution in [0.3, 0.4) is 0 Å². The van der Waals surface area contributed by atoms with Gasteiger partial charge in [0.1, 0.15) is 0 Å². The molecule has 0 aromatic heterocycles. The molecule has 0 saturated heterocycles. The molecule has 124 valence electrons. The molecule has 0 heterocycles. The first-order valence-electron chi connectivity index (χ1n) is 6.18. The largest absolute Gasteiger partial charge is 0.872 e. The highest BCUT2D eigenvalue weighted by Gasteiger charge is 2.72. The minimum Gasteiger partial charge on any atom is -0.872 e. The topological polar surface area (TPSA) is 46.1 Å². The van der Waals surface area contributed by atoms with E-state index in [4.69, 9.17) is 0 Å². The van der Waals surface area contributed by atoms with Crippen LogP contribution in [0.2, 0.25) is 0 Å². The molecule has 0 radical (unpaired) electrons. The average molecular weight is 334 g/mol. The van der Waals surface area contributed by atoms with E-state index < -0.39 is 40.4 Å². The molecule has 0 bridgehead atoms. The minimum absolute atomic E-state index is 0.494. The van der Waals surface area contributed by atoms with Crippen LogP contribution in [-0.2, 0) is 5.41 Å². The van der Waals surface area contributed by atoms with Crippen LogP contribution in [0.1, 0.15) is 11.1 Å². The SMILES string of the molecule is [O-]c1ccc(C(c2ccc([O-])cc2)(C(F)(F)F)C(F)(F)F)cc1. The number of hydrogen-bond donors (Lipinski definition) is 0. The van der Waals surface area contributed by atoms with Gasteiger partial charge in [0, 0.05) is 0 Å². The zero-order chi connectivity index (χ0) is 17.5. The van der Waals surface area contributed by atoms with E-state index in [1.807, 2.05) is 0 Å². The maximum Gasteiger partial charge on any atom is 0.411 e. The molecule has 0 aliphatic heterocycles. The van der Waals surface area contributed by atoms with Gasteiger partial charge in [-0.05, 0) is 11.1 Å². The van der Waals surface area contributed by atoms with Crippen molar-refractivity contribution >= 4 is 0 Å². The molecular weight excluding hydrogens is 326 g/mol. The van der Waals surface area contributed by atoms with Crippen LogP contribution in [0.5, 0.6) is 11.5 Å². The number of halogens is 6. The summed E-state index contributed by atoms with van der Waals surface area (Å²) in [7, 11) is 0. The lowest BCUT2D eigenvalue weighted by molar-refractivity contribution is -0.289. The molecule has 0 saturated carbocycles. The molecule has 0 aliphatic carbocycles. The number of alkyl halides is 6. The van der Waals surface area contributed by atoms with Gasteiger partial charge in [0.05, 0.1) is 0 Å². The van der Waals surface area contributed by atoms with E-state index in [9.17, 15) is 36.6 Å². The lowest BCUT2D eigenvalue weighted by Gasteiger charge is -2.38. The van der Waals surface area contributed by atoms with Crippen LogP contribution < -0.4 is 10.2 Å². The summed E-state index contributed by atoms with van der Waals surface area (Å²) < 4.78 is 81.4. The summed E-state index contributed by atoms with van der Waals surface area (Å²) in [4.78, 5) is 0. The Morgan fingerprint density at radius 3 is 1.00 bits per heavy atom. The van der Waals surface area contributed by atoms with Crippen LogP contribution in [0, 0.1) is 0 Å². The van der Waals surface area contributed by atoms with Crippen LogP contribution in [-0.4, -0.2) is 12.4 Å². The van der Waals surface area contributed by atoms with Crippen molar-refractivity contribution < 1.29 is 36.6 Å². The Balaban J connectivity index is 2.86. The van der Waals surface area contributed by atoms with Gasteiger partial charge in [-0.3, -0.25) is 0 Å². The van der Waals surface area contributed by atoms with Crippen molar-refractivity contribution in [1.82, 2.24) is 0 Å². The average Bonchev–Trinajstić information content (AvgIpc) is 2.40. The summed E-state index contributed by atoms with van der Waals surface area (Å²) >= 11 is 0. The summed E-state index contributed by atoms with van der Waals surface area (Å²) in [5, 5.41) is 22.1. The van der Waals surface area contributed by atoms with E-state index in [1.165, 1.54) is 0 Å². The quantitative estimate of drug-likeness (QED) is 0.792. The molecule has 0 unspecified atom stereocenters. The van der Waals surface area contributed by atoms with Crippen LogP contribution in [0.15, 0.2) is 48.5 Å². The Labute approximate surface area is 126 Å². The van der Waals surface area contributed by atoms with E-state index in [2.05, 4.69) is 0 Å². The van der Waals surface area contributed by atoms with Crippen molar-refractivity contribution in [3.63, 3.8) is 0 Å². The van der Waals surface area contributed by atoms with Crippen molar-refractivity contribution in [2.45, 2.75) is 17.8 Å². The normalized spacial score (nSPS) is 13.1. The molecule has 2 rings (SSSR count). The van der Waals surface area contributed by atoms with Crippen molar-refractivity contribution in [3.05, 3.63) is 59.7 Å². The Kier molecular flexibility index (Phi) is 3.96. The second kappa shape index (κ2) is 5.36. The van der Waals surface area contributed by atoms with E-state index in [0.717, 1.165) is 0 Å². The molecule has 0 amide bonds. The van der Waals surface area contributed by atoms with Gasteiger partial charge in [0.2, 0.25) is 5.41 Å². The third-order valence-corrected chi connectivity index (χ3v) is 3.43. The number of rotatable bonds is 2.